The number of unbranched alkanes of at least 4 members (excludes halogenated alkanes) is 1. The van der Waals surface area contributed by atoms with E-state index in [2.05, 4.69) is 55.0 Å². The van der Waals surface area contributed by atoms with Crippen LogP contribution in [0.3, 0.4) is 0 Å². The van der Waals surface area contributed by atoms with E-state index < -0.39 is 0 Å². The molecule has 90 valence electrons. The van der Waals surface area contributed by atoms with Crippen molar-refractivity contribution in [2.45, 2.75) is 67.7 Å². The predicted molar refractivity (Wildman–Crippen MR) is 71.1 cm³/mol. The molecule has 0 saturated heterocycles. The van der Waals surface area contributed by atoms with Gasteiger partial charge in [0.1, 0.15) is 0 Å². The van der Waals surface area contributed by atoms with Crippen molar-refractivity contribution in [2.24, 2.45) is 16.7 Å². The van der Waals surface area contributed by atoms with Crippen molar-refractivity contribution >= 4 is 0 Å². The first kappa shape index (κ1) is 14.7. The van der Waals surface area contributed by atoms with Crippen LogP contribution in [0.5, 0.6) is 0 Å². The molecule has 0 bridgehead atoms. The lowest BCUT2D eigenvalue weighted by Gasteiger charge is -2.38. The molecule has 0 aromatic heterocycles. The van der Waals surface area contributed by atoms with Crippen molar-refractivity contribution in [3.05, 3.63) is 12.2 Å². The van der Waals surface area contributed by atoms with E-state index in [1.807, 2.05) is 0 Å². The highest BCUT2D eigenvalue weighted by Crippen LogP contribution is 2.42. The lowest BCUT2D eigenvalue weighted by atomic mass is 9.67. The molecule has 0 N–H and O–H groups in total. The summed E-state index contributed by atoms with van der Waals surface area (Å²) in [5.41, 5.74) is 2.01. The van der Waals surface area contributed by atoms with Crippen LogP contribution in [0, 0.1) is 16.7 Å². The molecule has 0 aliphatic heterocycles. The van der Waals surface area contributed by atoms with Crippen LogP contribution in [0.4, 0.5) is 0 Å². The van der Waals surface area contributed by atoms with Crippen LogP contribution in [0.2, 0.25) is 0 Å². The maximum absolute atomic E-state index is 4.35. The minimum absolute atomic E-state index is 0.242. The zero-order valence-electron chi connectivity index (χ0n) is 11.9. The summed E-state index contributed by atoms with van der Waals surface area (Å²) in [6.45, 7) is 20.5. The summed E-state index contributed by atoms with van der Waals surface area (Å²) in [5, 5.41) is 0. The first-order valence-electron chi connectivity index (χ1n) is 6.30. The normalized spacial score (nSPS) is 15.1. The third-order valence-corrected chi connectivity index (χ3v) is 3.28. The Morgan fingerprint density at radius 3 is 1.80 bits per heavy atom. The van der Waals surface area contributed by atoms with Gasteiger partial charge in [-0.25, -0.2) is 0 Å². The molecule has 0 heteroatoms. The highest BCUT2D eigenvalue weighted by atomic mass is 14.4. The Bertz CT molecular complexity index is 197. The first-order chi connectivity index (χ1) is 6.60. The SMILES string of the molecule is C=C(C(CCCC)C(C)(C)C)C(C)(C)C. The maximum Gasteiger partial charge on any atom is -0.0152 e. The predicted octanol–water partition coefficient (Wildman–Crippen LogP) is 5.44. The van der Waals surface area contributed by atoms with Gasteiger partial charge in [0.2, 0.25) is 0 Å². The summed E-state index contributed by atoms with van der Waals surface area (Å²) >= 11 is 0. The molecule has 0 saturated carbocycles. The van der Waals surface area contributed by atoms with Crippen molar-refractivity contribution in [3.63, 3.8) is 0 Å². The lowest BCUT2D eigenvalue weighted by molar-refractivity contribution is 0.227. The van der Waals surface area contributed by atoms with E-state index in [4.69, 9.17) is 0 Å². The van der Waals surface area contributed by atoms with Crippen LogP contribution in [-0.2, 0) is 0 Å². The molecule has 0 heterocycles. The van der Waals surface area contributed by atoms with Crippen LogP contribution in [0.15, 0.2) is 12.2 Å². The molecule has 1 atom stereocenters. The molecule has 0 aromatic rings. The largest absolute Gasteiger partial charge is 0.0990 e. The molecule has 0 radical (unpaired) electrons. The Morgan fingerprint density at radius 1 is 1.07 bits per heavy atom. The van der Waals surface area contributed by atoms with Gasteiger partial charge in [0, 0.05) is 0 Å². The summed E-state index contributed by atoms with van der Waals surface area (Å²) in [6.07, 6.45) is 3.89. The van der Waals surface area contributed by atoms with E-state index in [0.717, 1.165) is 0 Å². The van der Waals surface area contributed by atoms with Gasteiger partial charge in [-0.15, -0.1) is 0 Å². The third kappa shape index (κ3) is 4.86. The standard InChI is InChI=1S/C15H30/c1-9-10-11-13(15(6,7)8)12(2)14(3,4)5/h13H,2,9-11H2,1,3-8H3. The van der Waals surface area contributed by atoms with Crippen LogP contribution in [0.25, 0.3) is 0 Å². The third-order valence-electron chi connectivity index (χ3n) is 3.28. The van der Waals surface area contributed by atoms with Gasteiger partial charge in [-0.1, -0.05) is 73.5 Å². The monoisotopic (exact) mass is 210 g/mol. The highest BCUT2D eigenvalue weighted by molar-refractivity contribution is 5.12. The fraction of sp³-hybridized carbons (Fsp3) is 0.867. The fourth-order valence-corrected chi connectivity index (χ4v) is 2.06. The van der Waals surface area contributed by atoms with Crippen molar-refractivity contribution in [1.29, 1.82) is 0 Å². The minimum Gasteiger partial charge on any atom is -0.0990 e. The Kier molecular flexibility index (Phi) is 5.09. The van der Waals surface area contributed by atoms with Gasteiger partial charge in [-0.2, -0.15) is 0 Å². The van der Waals surface area contributed by atoms with Gasteiger partial charge in [0.25, 0.3) is 0 Å². The van der Waals surface area contributed by atoms with Gasteiger partial charge in [0.15, 0.2) is 0 Å². The summed E-state index contributed by atoms with van der Waals surface area (Å²) < 4.78 is 0. The molecule has 0 spiro atoms. The number of hydrogen-bond donors (Lipinski definition) is 0. The van der Waals surface area contributed by atoms with E-state index in [1.165, 1.54) is 24.8 Å². The molecule has 0 fully saturated rings. The molecule has 0 aromatic carbocycles. The molecule has 0 aliphatic rings. The maximum atomic E-state index is 4.35. The van der Waals surface area contributed by atoms with Crippen LogP contribution in [0.1, 0.15) is 67.7 Å². The molecule has 15 heavy (non-hydrogen) atoms. The number of allylic oxidation sites excluding steroid dienone is 1. The Hall–Kier alpha value is -0.260. The average Bonchev–Trinajstić information content (AvgIpc) is 2.00. The summed E-state index contributed by atoms with van der Waals surface area (Å²) in [5.74, 6) is 0.650. The lowest BCUT2D eigenvalue weighted by Crippen LogP contribution is -2.28. The second-order valence-electron chi connectivity index (χ2n) is 6.84. The second-order valence-corrected chi connectivity index (χ2v) is 6.84. The van der Waals surface area contributed by atoms with Crippen LogP contribution >= 0.6 is 0 Å². The second kappa shape index (κ2) is 5.18. The molecule has 1 unspecified atom stereocenters. The van der Waals surface area contributed by atoms with Crippen LogP contribution < -0.4 is 0 Å². The van der Waals surface area contributed by atoms with E-state index in [0.29, 0.717) is 11.3 Å². The molecular weight excluding hydrogens is 180 g/mol. The highest BCUT2D eigenvalue weighted by Gasteiger charge is 2.31. The zero-order chi connectivity index (χ0) is 12.3. The van der Waals surface area contributed by atoms with Crippen molar-refractivity contribution < 1.29 is 0 Å². The van der Waals surface area contributed by atoms with Gasteiger partial charge >= 0.3 is 0 Å². The van der Waals surface area contributed by atoms with E-state index in [-0.39, 0.29) is 5.41 Å². The van der Waals surface area contributed by atoms with Gasteiger partial charge < -0.3 is 0 Å². The minimum atomic E-state index is 0.242. The molecule has 0 nitrogen and oxygen atoms in total. The topological polar surface area (TPSA) is 0 Å². The fourth-order valence-electron chi connectivity index (χ4n) is 2.06. The van der Waals surface area contributed by atoms with E-state index in [1.54, 1.807) is 0 Å². The summed E-state index contributed by atoms with van der Waals surface area (Å²) in [4.78, 5) is 0. The summed E-state index contributed by atoms with van der Waals surface area (Å²) in [6, 6.07) is 0. The van der Waals surface area contributed by atoms with Gasteiger partial charge in [-0.3, -0.25) is 0 Å². The van der Waals surface area contributed by atoms with E-state index in [9.17, 15) is 0 Å². The van der Waals surface area contributed by atoms with Gasteiger partial charge in [0.05, 0.1) is 0 Å². The summed E-state index contributed by atoms with van der Waals surface area (Å²) in [7, 11) is 0. The van der Waals surface area contributed by atoms with Crippen molar-refractivity contribution in [3.8, 4) is 0 Å². The Balaban J connectivity index is 4.72. The molecular formula is C15H30. The first-order valence-corrected chi connectivity index (χ1v) is 6.30. The Morgan fingerprint density at radius 2 is 1.53 bits per heavy atom. The van der Waals surface area contributed by atoms with Crippen molar-refractivity contribution in [2.75, 3.05) is 0 Å². The van der Waals surface area contributed by atoms with E-state index >= 15 is 0 Å². The average molecular weight is 210 g/mol. The number of hydrogen-bond acceptors (Lipinski definition) is 0. The Labute approximate surface area is 97.2 Å². The quantitative estimate of drug-likeness (QED) is 0.542. The number of rotatable bonds is 4. The van der Waals surface area contributed by atoms with Crippen molar-refractivity contribution in [1.82, 2.24) is 0 Å². The molecule has 0 amide bonds. The molecule has 0 aliphatic carbocycles. The zero-order valence-corrected chi connectivity index (χ0v) is 11.9. The molecule has 0 rings (SSSR count). The van der Waals surface area contributed by atoms with Crippen LogP contribution in [-0.4, -0.2) is 0 Å². The van der Waals surface area contributed by atoms with Gasteiger partial charge in [-0.05, 0) is 23.2 Å². The smallest absolute Gasteiger partial charge is 0.0152 e.